The van der Waals surface area contributed by atoms with Crippen LogP contribution in [-0.4, -0.2) is 12.5 Å². The molecule has 4 saturated carbocycles. The maximum absolute atomic E-state index is 6.47. The molecule has 3 nitrogen and oxygen atoms in total. The lowest BCUT2D eigenvalue weighted by atomic mass is 9.48. The Morgan fingerprint density at radius 2 is 1.70 bits per heavy atom. The predicted molar refractivity (Wildman–Crippen MR) is 95.0 cm³/mol. The molecule has 4 bridgehead atoms. The van der Waals surface area contributed by atoms with Crippen molar-refractivity contribution in [2.45, 2.75) is 44.7 Å². The zero-order valence-electron chi connectivity index (χ0n) is 13.0. The number of hydrogen-bond donors (Lipinski definition) is 1. The van der Waals surface area contributed by atoms with E-state index in [0.717, 1.165) is 23.4 Å². The van der Waals surface area contributed by atoms with Gasteiger partial charge in [-0.25, -0.2) is 0 Å². The Balaban J connectivity index is 1.50. The Morgan fingerprint density at radius 1 is 1.04 bits per heavy atom. The summed E-state index contributed by atoms with van der Waals surface area (Å²) in [4.78, 5) is 2.24. The lowest BCUT2D eigenvalue weighted by molar-refractivity contribution is -0.0701. The molecule has 6 rings (SSSR count). The van der Waals surface area contributed by atoms with E-state index in [4.69, 9.17) is 23.2 Å². The average Bonchev–Trinajstić information content (AvgIpc) is 2.95. The van der Waals surface area contributed by atoms with Crippen LogP contribution in [0.3, 0.4) is 0 Å². The number of anilines is 1. The SMILES string of the molecule is Clc1ccc(N2C=NNC2C23CC4CC(CC(C4)C2)C3)c(Cl)c1. The van der Waals surface area contributed by atoms with Crippen molar-refractivity contribution in [3.8, 4) is 0 Å². The van der Waals surface area contributed by atoms with Crippen LogP contribution in [0, 0.1) is 23.2 Å². The van der Waals surface area contributed by atoms with Gasteiger partial charge in [-0.3, -0.25) is 5.43 Å². The van der Waals surface area contributed by atoms with E-state index in [-0.39, 0.29) is 6.17 Å². The molecule has 1 N–H and O–H groups in total. The van der Waals surface area contributed by atoms with E-state index in [1.165, 1.54) is 38.5 Å². The van der Waals surface area contributed by atoms with Gasteiger partial charge in [-0.1, -0.05) is 23.2 Å². The molecule has 0 amide bonds. The van der Waals surface area contributed by atoms with E-state index < -0.39 is 0 Å². The summed E-state index contributed by atoms with van der Waals surface area (Å²) in [5.41, 5.74) is 4.75. The molecule has 1 aromatic carbocycles. The monoisotopic (exact) mass is 349 g/mol. The van der Waals surface area contributed by atoms with Crippen molar-refractivity contribution in [3.05, 3.63) is 28.2 Å². The van der Waals surface area contributed by atoms with Gasteiger partial charge in [0, 0.05) is 10.4 Å². The van der Waals surface area contributed by atoms with Crippen LogP contribution in [0.25, 0.3) is 0 Å². The lowest BCUT2D eigenvalue weighted by Crippen LogP contribution is -2.59. The molecular weight excluding hydrogens is 329 g/mol. The Kier molecular flexibility index (Phi) is 3.15. The fourth-order valence-corrected chi connectivity index (χ4v) is 6.64. The van der Waals surface area contributed by atoms with Crippen molar-refractivity contribution in [2.24, 2.45) is 28.3 Å². The van der Waals surface area contributed by atoms with E-state index in [9.17, 15) is 0 Å². The maximum Gasteiger partial charge on any atom is 0.126 e. The normalized spacial score (nSPS) is 40.7. The van der Waals surface area contributed by atoms with Crippen LogP contribution in [0.4, 0.5) is 5.69 Å². The molecule has 5 aliphatic rings. The number of nitrogens with zero attached hydrogens (tertiary/aromatic N) is 2. The maximum atomic E-state index is 6.47. The van der Waals surface area contributed by atoms with Gasteiger partial charge >= 0.3 is 0 Å². The molecule has 122 valence electrons. The summed E-state index contributed by atoms with van der Waals surface area (Å²) in [7, 11) is 0. The smallest absolute Gasteiger partial charge is 0.126 e. The van der Waals surface area contributed by atoms with Gasteiger partial charge in [-0.2, -0.15) is 5.10 Å². The first-order valence-electron chi connectivity index (χ1n) is 8.65. The van der Waals surface area contributed by atoms with E-state index in [1.54, 1.807) is 0 Å². The van der Waals surface area contributed by atoms with Gasteiger partial charge in [-0.05, 0) is 74.5 Å². The molecule has 1 atom stereocenters. The molecule has 1 heterocycles. The van der Waals surface area contributed by atoms with Gasteiger partial charge in [0.1, 0.15) is 12.5 Å². The van der Waals surface area contributed by atoms with Gasteiger partial charge in [0.15, 0.2) is 0 Å². The average molecular weight is 350 g/mol. The number of hydrazone groups is 1. The van der Waals surface area contributed by atoms with Crippen LogP contribution in [0.15, 0.2) is 23.3 Å². The van der Waals surface area contributed by atoms with Crippen LogP contribution in [0.1, 0.15) is 38.5 Å². The minimum Gasteiger partial charge on any atom is -0.307 e. The Hall–Kier alpha value is -0.930. The molecule has 1 unspecified atom stereocenters. The first-order valence-corrected chi connectivity index (χ1v) is 9.41. The third kappa shape index (κ3) is 2.20. The second-order valence-electron chi connectivity index (χ2n) is 8.06. The highest BCUT2D eigenvalue weighted by Gasteiger charge is 2.56. The number of nitrogens with one attached hydrogen (secondary N) is 1. The van der Waals surface area contributed by atoms with Crippen LogP contribution < -0.4 is 10.3 Å². The Morgan fingerprint density at radius 3 is 2.30 bits per heavy atom. The molecule has 4 aliphatic carbocycles. The molecule has 0 aromatic heterocycles. The summed E-state index contributed by atoms with van der Waals surface area (Å²) in [6, 6.07) is 5.74. The van der Waals surface area contributed by atoms with Gasteiger partial charge in [0.05, 0.1) is 10.7 Å². The molecule has 23 heavy (non-hydrogen) atoms. The number of benzene rings is 1. The minimum atomic E-state index is 0.231. The summed E-state index contributed by atoms with van der Waals surface area (Å²) < 4.78 is 0. The summed E-state index contributed by atoms with van der Waals surface area (Å²) in [5.74, 6) is 2.77. The van der Waals surface area contributed by atoms with Gasteiger partial charge in [-0.15, -0.1) is 0 Å². The van der Waals surface area contributed by atoms with Crippen LogP contribution >= 0.6 is 23.2 Å². The molecule has 5 heteroatoms. The number of hydrogen-bond acceptors (Lipinski definition) is 3. The summed E-state index contributed by atoms with van der Waals surface area (Å²) >= 11 is 12.5. The first-order chi connectivity index (χ1) is 11.1. The van der Waals surface area contributed by atoms with Crippen molar-refractivity contribution in [3.63, 3.8) is 0 Å². The zero-order valence-corrected chi connectivity index (χ0v) is 14.5. The number of halogens is 2. The van der Waals surface area contributed by atoms with Crippen molar-refractivity contribution < 1.29 is 0 Å². The van der Waals surface area contributed by atoms with Gasteiger partial charge < -0.3 is 4.90 Å². The fourth-order valence-electron chi connectivity index (χ4n) is 6.13. The quantitative estimate of drug-likeness (QED) is 0.822. The summed E-state index contributed by atoms with van der Waals surface area (Å²) in [6.45, 7) is 0. The molecule has 1 aromatic rings. The molecule has 1 aliphatic heterocycles. The summed E-state index contributed by atoms with van der Waals surface area (Å²) in [5, 5.41) is 5.77. The minimum absolute atomic E-state index is 0.231. The molecule has 0 spiro atoms. The van der Waals surface area contributed by atoms with Crippen molar-refractivity contribution in [1.29, 1.82) is 0 Å². The van der Waals surface area contributed by atoms with E-state index in [2.05, 4.69) is 15.4 Å². The third-order valence-corrected chi connectivity index (χ3v) is 7.05. The lowest BCUT2D eigenvalue weighted by Gasteiger charge is -2.59. The highest BCUT2D eigenvalue weighted by Crippen LogP contribution is 2.62. The second-order valence-corrected chi connectivity index (χ2v) is 8.90. The van der Waals surface area contributed by atoms with E-state index in [0.29, 0.717) is 15.5 Å². The van der Waals surface area contributed by atoms with Gasteiger partial charge in [0.2, 0.25) is 0 Å². The van der Waals surface area contributed by atoms with Crippen LogP contribution in [0.2, 0.25) is 10.0 Å². The largest absolute Gasteiger partial charge is 0.307 e. The Bertz CT molecular complexity index is 637. The first kappa shape index (κ1) is 14.4. The van der Waals surface area contributed by atoms with E-state index in [1.807, 2.05) is 24.5 Å². The predicted octanol–water partition coefficient (Wildman–Crippen LogP) is 4.89. The zero-order chi connectivity index (χ0) is 15.6. The molecule has 0 saturated heterocycles. The topological polar surface area (TPSA) is 27.6 Å². The number of rotatable bonds is 2. The van der Waals surface area contributed by atoms with Crippen LogP contribution in [-0.2, 0) is 0 Å². The molecule has 0 radical (unpaired) electrons. The van der Waals surface area contributed by atoms with Gasteiger partial charge in [0.25, 0.3) is 0 Å². The highest BCUT2D eigenvalue weighted by atomic mass is 35.5. The fraction of sp³-hybridized carbons (Fsp3) is 0.611. The van der Waals surface area contributed by atoms with E-state index >= 15 is 0 Å². The van der Waals surface area contributed by atoms with Crippen LogP contribution in [0.5, 0.6) is 0 Å². The third-order valence-electron chi connectivity index (χ3n) is 6.51. The Labute approximate surface area is 147 Å². The van der Waals surface area contributed by atoms with Crippen molar-refractivity contribution in [2.75, 3.05) is 4.90 Å². The standard InChI is InChI=1S/C18H21Cl2N3/c19-14-1-2-16(15(20)6-14)23-10-21-22-17(23)18-7-11-3-12(8-18)5-13(4-11)9-18/h1-2,6,10-13,17,22H,3-5,7-9H2. The molecule has 4 fully saturated rings. The van der Waals surface area contributed by atoms with Crippen molar-refractivity contribution in [1.82, 2.24) is 5.43 Å². The van der Waals surface area contributed by atoms with Crippen molar-refractivity contribution >= 4 is 35.2 Å². The summed E-state index contributed by atoms with van der Waals surface area (Å²) in [6.07, 6.45) is 10.5. The molecular formula is C18H21Cl2N3. The second kappa shape index (κ2) is 5.03. The highest BCUT2D eigenvalue weighted by molar-refractivity contribution is 6.36.